The van der Waals surface area contributed by atoms with Gasteiger partial charge in [0.2, 0.25) is 10.0 Å². The monoisotopic (exact) mass is 312 g/mol. The molecule has 0 aromatic heterocycles. The number of ether oxygens (including phenoxy) is 1. The van der Waals surface area contributed by atoms with Crippen LogP contribution in [0, 0.1) is 0 Å². The van der Waals surface area contributed by atoms with Gasteiger partial charge < -0.3 is 10.1 Å². The van der Waals surface area contributed by atoms with E-state index in [1.807, 2.05) is 6.92 Å². The summed E-state index contributed by atoms with van der Waals surface area (Å²) in [6.45, 7) is 3.82. The van der Waals surface area contributed by atoms with Crippen LogP contribution in [0.5, 0.6) is 5.75 Å². The molecule has 1 aromatic rings. The lowest BCUT2D eigenvalue weighted by Crippen LogP contribution is -2.34. The SMILES string of the molecule is CCCCS(=O)(=O)NCc1ccc2c(c1)NC(=O)C(C)O2. The molecule has 1 atom stereocenters. The zero-order valence-electron chi connectivity index (χ0n) is 12.2. The Morgan fingerprint density at radius 1 is 1.38 bits per heavy atom. The Bertz CT molecular complexity index is 628. The minimum absolute atomic E-state index is 0.131. The van der Waals surface area contributed by atoms with Gasteiger partial charge in [-0.15, -0.1) is 0 Å². The maximum Gasteiger partial charge on any atom is 0.265 e. The highest BCUT2D eigenvalue weighted by Gasteiger charge is 2.23. The van der Waals surface area contributed by atoms with Gasteiger partial charge in [-0.3, -0.25) is 4.79 Å². The van der Waals surface area contributed by atoms with Crippen LogP contribution >= 0.6 is 0 Å². The molecule has 1 aliphatic heterocycles. The number of hydrogen-bond acceptors (Lipinski definition) is 4. The average molecular weight is 312 g/mol. The number of carbonyl (C=O) groups excluding carboxylic acids is 1. The van der Waals surface area contributed by atoms with Gasteiger partial charge in [0.25, 0.3) is 5.91 Å². The Balaban J connectivity index is 2.03. The largest absolute Gasteiger partial charge is 0.479 e. The summed E-state index contributed by atoms with van der Waals surface area (Å²) in [4.78, 5) is 11.6. The van der Waals surface area contributed by atoms with E-state index in [0.717, 1.165) is 12.0 Å². The maximum absolute atomic E-state index is 11.7. The summed E-state index contributed by atoms with van der Waals surface area (Å²) < 4.78 is 31.5. The fraction of sp³-hybridized carbons (Fsp3) is 0.500. The predicted octanol–water partition coefficient (Wildman–Crippen LogP) is 1.63. The Morgan fingerprint density at radius 3 is 2.86 bits per heavy atom. The van der Waals surface area contributed by atoms with Crippen LogP contribution in [0.25, 0.3) is 0 Å². The molecule has 0 aliphatic carbocycles. The van der Waals surface area contributed by atoms with Crippen LogP contribution in [0.3, 0.4) is 0 Å². The number of carbonyl (C=O) groups is 1. The molecule has 7 heteroatoms. The van der Waals surface area contributed by atoms with Gasteiger partial charge in [0.05, 0.1) is 11.4 Å². The molecule has 6 nitrogen and oxygen atoms in total. The van der Waals surface area contributed by atoms with Gasteiger partial charge in [0.1, 0.15) is 5.75 Å². The summed E-state index contributed by atoms with van der Waals surface area (Å²) in [5.41, 5.74) is 1.34. The summed E-state index contributed by atoms with van der Waals surface area (Å²) in [5, 5.41) is 2.74. The van der Waals surface area contributed by atoms with E-state index in [-0.39, 0.29) is 18.2 Å². The van der Waals surface area contributed by atoms with Gasteiger partial charge in [-0.05, 0) is 31.0 Å². The molecule has 1 heterocycles. The lowest BCUT2D eigenvalue weighted by molar-refractivity contribution is -0.122. The molecule has 2 N–H and O–H groups in total. The van der Waals surface area contributed by atoms with Crippen LogP contribution in [0.2, 0.25) is 0 Å². The van der Waals surface area contributed by atoms with Crippen LogP contribution in [-0.2, 0) is 21.4 Å². The predicted molar refractivity (Wildman–Crippen MR) is 80.7 cm³/mol. The van der Waals surface area contributed by atoms with Crippen LogP contribution in [-0.4, -0.2) is 26.2 Å². The van der Waals surface area contributed by atoms with E-state index in [9.17, 15) is 13.2 Å². The first-order chi connectivity index (χ1) is 9.91. The molecule has 0 saturated carbocycles. The summed E-state index contributed by atoms with van der Waals surface area (Å²) in [6, 6.07) is 5.24. The van der Waals surface area contributed by atoms with Crippen molar-refractivity contribution in [2.24, 2.45) is 0 Å². The highest BCUT2D eigenvalue weighted by Crippen LogP contribution is 2.30. The minimum atomic E-state index is -3.25. The Morgan fingerprint density at radius 2 is 2.14 bits per heavy atom. The van der Waals surface area contributed by atoms with Crippen molar-refractivity contribution in [2.45, 2.75) is 39.3 Å². The van der Waals surface area contributed by atoms with Crippen LogP contribution in [0.4, 0.5) is 5.69 Å². The highest BCUT2D eigenvalue weighted by molar-refractivity contribution is 7.89. The zero-order chi connectivity index (χ0) is 15.5. The van der Waals surface area contributed by atoms with Crippen molar-refractivity contribution in [3.05, 3.63) is 23.8 Å². The highest BCUT2D eigenvalue weighted by atomic mass is 32.2. The Labute approximate surface area is 124 Å². The second-order valence-electron chi connectivity index (χ2n) is 5.07. The van der Waals surface area contributed by atoms with Gasteiger partial charge in [0.15, 0.2) is 6.10 Å². The van der Waals surface area contributed by atoms with Crippen molar-refractivity contribution in [3.8, 4) is 5.75 Å². The van der Waals surface area contributed by atoms with Gasteiger partial charge in [0, 0.05) is 6.54 Å². The third kappa shape index (κ3) is 4.18. The molecular formula is C14H20N2O4S. The third-order valence-electron chi connectivity index (χ3n) is 3.24. The Kier molecular flexibility index (Phi) is 4.84. The van der Waals surface area contributed by atoms with Crippen LogP contribution in [0.15, 0.2) is 18.2 Å². The van der Waals surface area contributed by atoms with E-state index in [1.165, 1.54) is 0 Å². The number of fused-ring (bicyclic) bond motifs is 1. The number of hydrogen-bond donors (Lipinski definition) is 2. The lowest BCUT2D eigenvalue weighted by atomic mass is 10.1. The molecule has 0 radical (unpaired) electrons. The topological polar surface area (TPSA) is 84.5 Å². The van der Waals surface area contributed by atoms with Crippen molar-refractivity contribution >= 4 is 21.6 Å². The molecule has 116 valence electrons. The average Bonchev–Trinajstić information content (AvgIpc) is 2.44. The van der Waals surface area contributed by atoms with Crippen LogP contribution in [0.1, 0.15) is 32.3 Å². The quantitative estimate of drug-likeness (QED) is 0.836. The molecule has 1 amide bonds. The van der Waals surface area contributed by atoms with E-state index in [1.54, 1.807) is 25.1 Å². The molecule has 1 aliphatic rings. The molecular weight excluding hydrogens is 292 g/mol. The minimum Gasteiger partial charge on any atom is -0.479 e. The number of unbranched alkanes of at least 4 members (excludes halogenated alkanes) is 1. The number of sulfonamides is 1. The molecule has 1 unspecified atom stereocenters. The molecule has 0 bridgehead atoms. The molecule has 0 spiro atoms. The normalized spacial score (nSPS) is 17.8. The second kappa shape index (κ2) is 6.44. The van der Waals surface area contributed by atoms with E-state index in [2.05, 4.69) is 10.0 Å². The summed E-state index contributed by atoms with van der Waals surface area (Å²) in [7, 11) is -3.25. The molecule has 2 rings (SSSR count). The first-order valence-corrected chi connectivity index (χ1v) is 8.64. The zero-order valence-corrected chi connectivity index (χ0v) is 13.0. The van der Waals surface area contributed by atoms with E-state index >= 15 is 0 Å². The number of rotatable bonds is 6. The number of nitrogens with one attached hydrogen (secondary N) is 2. The standard InChI is InChI=1S/C14H20N2O4S/c1-3-4-7-21(18,19)15-9-11-5-6-13-12(8-11)16-14(17)10(2)20-13/h5-6,8,10,15H,3-4,7,9H2,1-2H3,(H,16,17). The van der Waals surface area contributed by atoms with Crippen molar-refractivity contribution in [2.75, 3.05) is 11.1 Å². The fourth-order valence-corrected chi connectivity index (χ4v) is 3.17. The van der Waals surface area contributed by atoms with Crippen molar-refractivity contribution < 1.29 is 17.9 Å². The van der Waals surface area contributed by atoms with Crippen LogP contribution < -0.4 is 14.8 Å². The van der Waals surface area contributed by atoms with Crippen molar-refractivity contribution in [1.29, 1.82) is 0 Å². The second-order valence-corrected chi connectivity index (χ2v) is 7.00. The first kappa shape index (κ1) is 15.8. The maximum atomic E-state index is 11.7. The molecule has 0 fully saturated rings. The number of benzene rings is 1. The van der Waals surface area contributed by atoms with E-state index in [4.69, 9.17) is 4.74 Å². The summed E-state index contributed by atoms with van der Waals surface area (Å²) >= 11 is 0. The van der Waals surface area contributed by atoms with Gasteiger partial charge in [-0.25, -0.2) is 13.1 Å². The molecule has 21 heavy (non-hydrogen) atoms. The van der Waals surface area contributed by atoms with Gasteiger partial charge in [-0.2, -0.15) is 0 Å². The van der Waals surface area contributed by atoms with Gasteiger partial charge in [-0.1, -0.05) is 19.4 Å². The van der Waals surface area contributed by atoms with Crippen molar-refractivity contribution in [3.63, 3.8) is 0 Å². The third-order valence-corrected chi connectivity index (χ3v) is 4.65. The molecule has 1 aromatic carbocycles. The number of amides is 1. The first-order valence-electron chi connectivity index (χ1n) is 6.99. The molecule has 0 saturated heterocycles. The lowest BCUT2D eigenvalue weighted by Gasteiger charge is -2.23. The number of anilines is 1. The smallest absolute Gasteiger partial charge is 0.265 e. The van der Waals surface area contributed by atoms with Gasteiger partial charge >= 0.3 is 0 Å². The Hall–Kier alpha value is -1.60. The summed E-state index contributed by atoms with van der Waals surface area (Å²) in [5.74, 6) is 0.522. The summed E-state index contributed by atoms with van der Waals surface area (Å²) in [6.07, 6.45) is 0.957. The fourth-order valence-electron chi connectivity index (χ4n) is 1.97. The van der Waals surface area contributed by atoms with Crippen molar-refractivity contribution in [1.82, 2.24) is 4.72 Å². The van der Waals surface area contributed by atoms with E-state index in [0.29, 0.717) is 17.9 Å². The van der Waals surface area contributed by atoms with E-state index < -0.39 is 16.1 Å².